The number of nitrogens with one attached hydrogen (secondary N) is 1. The van der Waals surface area contributed by atoms with Gasteiger partial charge in [-0.3, -0.25) is 5.10 Å². The number of hydrogen-bond acceptors (Lipinski definition) is 5. The van der Waals surface area contributed by atoms with E-state index < -0.39 is 16.0 Å². The Balaban J connectivity index is 2.55. The van der Waals surface area contributed by atoms with E-state index in [4.69, 9.17) is 15.0 Å². The Morgan fingerprint density at radius 2 is 2.10 bits per heavy atom. The molecule has 106 valence electrons. The number of nitrogens with two attached hydrogens (primary N) is 1. The van der Waals surface area contributed by atoms with Gasteiger partial charge in [0.25, 0.3) is 0 Å². The number of rotatable bonds is 4. The summed E-state index contributed by atoms with van der Waals surface area (Å²) in [6.07, 6.45) is 0. The lowest BCUT2D eigenvalue weighted by atomic mass is 10.1. The monoisotopic (exact) mass is 297 g/mol. The van der Waals surface area contributed by atoms with E-state index in [0.29, 0.717) is 5.56 Å². The van der Waals surface area contributed by atoms with Crippen molar-refractivity contribution in [2.45, 2.75) is 4.90 Å². The molecular formula is C11H11N3O5S. The van der Waals surface area contributed by atoms with Crippen molar-refractivity contribution in [1.82, 2.24) is 10.2 Å². The number of primary sulfonamides is 1. The minimum Gasteiger partial charge on any atom is -0.495 e. The molecule has 1 aromatic carbocycles. The molecule has 0 saturated heterocycles. The van der Waals surface area contributed by atoms with E-state index in [1.165, 1.54) is 25.3 Å². The number of nitrogens with zero attached hydrogens (tertiary/aromatic N) is 1. The molecule has 1 heterocycles. The second-order valence-corrected chi connectivity index (χ2v) is 5.41. The lowest BCUT2D eigenvalue weighted by Crippen LogP contribution is -2.13. The predicted octanol–water partition coefficient (Wildman–Crippen LogP) is 0.431. The Morgan fingerprint density at radius 1 is 1.40 bits per heavy atom. The molecule has 0 amide bonds. The van der Waals surface area contributed by atoms with Crippen LogP contribution in [-0.4, -0.2) is 36.8 Å². The van der Waals surface area contributed by atoms with Crippen LogP contribution in [0.1, 0.15) is 10.5 Å². The van der Waals surface area contributed by atoms with Crippen LogP contribution in [0.5, 0.6) is 5.75 Å². The first-order chi connectivity index (χ1) is 9.32. The number of carbonyl (C=O) groups is 1. The van der Waals surface area contributed by atoms with E-state index >= 15 is 0 Å². The molecule has 1 aromatic heterocycles. The molecule has 0 aliphatic rings. The molecule has 0 radical (unpaired) electrons. The van der Waals surface area contributed by atoms with Gasteiger partial charge in [0.1, 0.15) is 16.3 Å². The summed E-state index contributed by atoms with van der Waals surface area (Å²) in [5, 5.41) is 20.0. The largest absolute Gasteiger partial charge is 0.495 e. The van der Waals surface area contributed by atoms with Crippen molar-refractivity contribution < 1.29 is 23.1 Å². The van der Waals surface area contributed by atoms with Gasteiger partial charge < -0.3 is 9.84 Å². The van der Waals surface area contributed by atoms with Crippen LogP contribution in [0.2, 0.25) is 0 Å². The maximum Gasteiger partial charge on any atom is 0.353 e. The van der Waals surface area contributed by atoms with Crippen LogP contribution < -0.4 is 9.88 Å². The fourth-order valence-corrected chi connectivity index (χ4v) is 2.36. The van der Waals surface area contributed by atoms with Crippen LogP contribution in [0, 0.1) is 0 Å². The quantitative estimate of drug-likeness (QED) is 0.748. The van der Waals surface area contributed by atoms with Gasteiger partial charge in [0.15, 0.2) is 0 Å². The molecule has 0 bridgehead atoms. The first-order valence-electron chi connectivity index (χ1n) is 5.33. The molecule has 8 nitrogen and oxygen atoms in total. The molecule has 9 heteroatoms. The number of H-pyrrole nitrogens is 1. The minimum atomic E-state index is -3.96. The minimum absolute atomic E-state index is 0.102. The first kappa shape index (κ1) is 14.0. The maximum atomic E-state index is 11.5. The lowest BCUT2D eigenvalue weighted by molar-refractivity contribution is 0.0690. The van der Waals surface area contributed by atoms with Crippen molar-refractivity contribution in [1.29, 1.82) is 0 Å². The van der Waals surface area contributed by atoms with Crippen molar-refractivity contribution >= 4 is 16.0 Å². The molecule has 2 rings (SSSR count). The number of sulfonamides is 1. The molecule has 0 saturated carbocycles. The molecule has 4 N–H and O–H groups in total. The summed E-state index contributed by atoms with van der Waals surface area (Å²) < 4.78 is 27.9. The average Bonchev–Trinajstić information content (AvgIpc) is 2.86. The normalized spacial score (nSPS) is 11.3. The first-order valence-corrected chi connectivity index (χ1v) is 6.87. The molecule has 20 heavy (non-hydrogen) atoms. The predicted molar refractivity (Wildman–Crippen MR) is 68.9 cm³/mol. The number of carboxylic acid groups (broad SMARTS) is 1. The highest BCUT2D eigenvalue weighted by Crippen LogP contribution is 2.28. The fraction of sp³-hybridized carbons (Fsp3) is 0.0909. The number of methoxy groups -OCH3 is 1. The zero-order chi connectivity index (χ0) is 14.9. The summed E-state index contributed by atoms with van der Waals surface area (Å²) in [5.74, 6) is -1.06. The van der Waals surface area contributed by atoms with Gasteiger partial charge in [-0.1, -0.05) is 0 Å². The zero-order valence-corrected chi connectivity index (χ0v) is 11.1. The summed E-state index contributed by atoms with van der Waals surface area (Å²) in [6, 6.07) is 5.53. The van der Waals surface area contributed by atoms with Gasteiger partial charge in [0.2, 0.25) is 10.0 Å². The third-order valence-corrected chi connectivity index (χ3v) is 3.51. The van der Waals surface area contributed by atoms with Crippen molar-refractivity contribution in [3.63, 3.8) is 0 Å². The number of benzene rings is 1. The van der Waals surface area contributed by atoms with Gasteiger partial charge in [-0.2, -0.15) is 5.10 Å². The van der Waals surface area contributed by atoms with Gasteiger partial charge >= 0.3 is 5.97 Å². The van der Waals surface area contributed by atoms with Crippen LogP contribution in [-0.2, 0) is 10.0 Å². The van der Waals surface area contributed by atoms with E-state index in [2.05, 4.69) is 10.2 Å². The molecule has 0 unspecified atom stereocenters. The highest BCUT2D eigenvalue weighted by molar-refractivity contribution is 7.89. The summed E-state index contributed by atoms with van der Waals surface area (Å²) >= 11 is 0. The summed E-state index contributed by atoms with van der Waals surface area (Å²) in [4.78, 5) is 10.6. The fourth-order valence-electron chi connectivity index (χ4n) is 1.64. The molecular weight excluding hydrogens is 286 g/mol. The third-order valence-electron chi connectivity index (χ3n) is 2.57. The third kappa shape index (κ3) is 2.63. The smallest absolute Gasteiger partial charge is 0.353 e. The zero-order valence-electron chi connectivity index (χ0n) is 10.3. The highest BCUT2D eigenvalue weighted by atomic mass is 32.2. The second kappa shape index (κ2) is 4.94. The van der Waals surface area contributed by atoms with E-state index in [1.807, 2.05) is 0 Å². The number of aromatic carboxylic acids is 1. The molecule has 0 spiro atoms. The van der Waals surface area contributed by atoms with E-state index in [1.54, 1.807) is 6.07 Å². The summed E-state index contributed by atoms with van der Waals surface area (Å²) in [6.45, 7) is 0. The van der Waals surface area contributed by atoms with Gasteiger partial charge in [-0.05, 0) is 24.3 Å². The van der Waals surface area contributed by atoms with Crippen LogP contribution in [0.15, 0.2) is 29.2 Å². The van der Waals surface area contributed by atoms with Gasteiger partial charge in [-0.25, -0.2) is 18.4 Å². The average molecular weight is 297 g/mol. The molecule has 2 aromatic rings. The number of ether oxygens (including phenoxy) is 1. The van der Waals surface area contributed by atoms with Gasteiger partial charge in [0, 0.05) is 5.56 Å². The maximum absolute atomic E-state index is 11.5. The van der Waals surface area contributed by atoms with Crippen molar-refractivity contribution in [3.8, 4) is 17.0 Å². The standard InChI is InChI=1S/C11H11N3O5S/c1-19-9-3-2-6(4-10(9)20(12,17)18)7-5-8(11(15)16)14-13-7/h2-5H,1H3,(H,13,14)(H,15,16)(H2,12,17,18). The number of aromatic nitrogens is 2. The highest BCUT2D eigenvalue weighted by Gasteiger charge is 2.17. The summed E-state index contributed by atoms with van der Waals surface area (Å²) in [7, 11) is -2.64. The van der Waals surface area contributed by atoms with E-state index in [-0.39, 0.29) is 22.0 Å². The van der Waals surface area contributed by atoms with Gasteiger partial charge in [0.05, 0.1) is 12.8 Å². The molecule has 0 aliphatic carbocycles. The Labute approximate surface area is 114 Å². The Morgan fingerprint density at radius 3 is 2.60 bits per heavy atom. The number of hydrogen-bond donors (Lipinski definition) is 3. The van der Waals surface area contributed by atoms with Crippen molar-refractivity contribution in [3.05, 3.63) is 30.0 Å². The van der Waals surface area contributed by atoms with Crippen LogP contribution in [0.25, 0.3) is 11.3 Å². The van der Waals surface area contributed by atoms with E-state index in [0.717, 1.165) is 0 Å². The Kier molecular flexibility index (Phi) is 3.47. The van der Waals surface area contributed by atoms with Crippen molar-refractivity contribution in [2.24, 2.45) is 5.14 Å². The SMILES string of the molecule is COc1ccc(-c2cc(C(=O)O)[nH]n2)cc1S(N)(=O)=O. The Bertz CT molecular complexity index is 766. The van der Waals surface area contributed by atoms with E-state index in [9.17, 15) is 13.2 Å². The van der Waals surface area contributed by atoms with Crippen LogP contribution in [0.4, 0.5) is 0 Å². The summed E-state index contributed by atoms with van der Waals surface area (Å²) in [5.41, 5.74) is 0.585. The van der Waals surface area contributed by atoms with Crippen LogP contribution in [0.3, 0.4) is 0 Å². The lowest BCUT2D eigenvalue weighted by Gasteiger charge is -2.07. The number of carboxylic acids is 1. The van der Waals surface area contributed by atoms with Crippen LogP contribution >= 0.6 is 0 Å². The number of aromatic amines is 1. The van der Waals surface area contributed by atoms with Gasteiger partial charge in [-0.15, -0.1) is 0 Å². The van der Waals surface area contributed by atoms with Crippen molar-refractivity contribution in [2.75, 3.05) is 7.11 Å². The molecule has 0 atom stereocenters. The topological polar surface area (TPSA) is 135 Å². The second-order valence-electron chi connectivity index (χ2n) is 3.88. The Hall–Kier alpha value is -2.39. The molecule has 0 aliphatic heterocycles. The molecule has 0 fully saturated rings.